The maximum Gasteiger partial charge on any atom is 0.434 e. The molecule has 0 atom stereocenters. The van der Waals surface area contributed by atoms with Gasteiger partial charge in [0, 0.05) is 32.2 Å². The normalized spacial score (nSPS) is 13.9. The predicted octanol–water partition coefficient (Wildman–Crippen LogP) is 3.26. The molecular formula is C22H24F6N4O5. The van der Waals surface area contributed by atoms with E-state index < -0.39 is 52.4 Å². The van der Waals surface area contributed by atoms with Crippen molar-refractivity contribution in [3.05, 3.63) is 57.1 Å². The highest BCUT2D eigenvalue weighted by Crippen LogP contribution is 2.32. The zero-order valence-corrected chi connectivity index (χ0v) is 19.8. The topological polar surface area (TPSA) is 114 Å². The average Bonchev–Trinajstić information content (AvgIpc) is 2.84. The van der Waals surface area contributed by atoms with E-state index in [0.29, 0.717) is 26.2 Å². The SMILES string of the molecule is CCOC(=O)c1ccc(=O)[nH]c1C(F)(F)F.CCOC(=O)c1ccc(N2CCNCC2)nc1C(F)(F)F. The Hall–Kier alpha value is -3.62. The van der Waals surface area contributed by atoms with E-state index in [0.717, 1.165) is 18.2 Å². The number of hydrogen-bond donors (Lipinski definition) is 2. The van der Waals surface area contributed by atoms with Gasteiger partial charge in [0.1, 0.15) is 11.5 Å². The number of nitrogens with zero attached hydrogens (tertiary/aromatic N) is 2. The smallest absolute Gasteiger partial charge is 0.434 e. The largest absolute Gasteiger partial charge is 0.462 e. The van der Waals surface area contributed by atoms with Crippen molar-refractivity contribution in [3.63, 3.8) is 0 Å². The molecule has 37 heavy (non-hydrogen) atoms. The fourth-order valence-electron chi connectivity index (χ4n) is 3.19. The highest BCUT2D eigenvalue weighted by atomic mass is 19.4. The highest BCUT2D eigenvalue weighted by molar-refractivity contribution is 5.91. The van der Waals surface area contributed by atoms with Crippen LogP contribution in [0, 0.1) is 0 Å². The lowest BCUT2D eigenvalue weighted by Crippen LogP contribution is -2.44. The van der Waals surface area contributed by atoms with Gasteiger partial charge in [-0.25, -0.2) is 14.6 Å². The molecule has 0 unspecified atom stereocenters. The van der Waals surface area contributed by atoms with Crippen LogP contribution in [0.1, 0.15) is 46.0 Å². The van der Waals surface area contributed by atoms with Crippen LogP contribution in [-0.4, -0.2) is 61.3 Å². The van der Waals surface area contributed by atoms with Crippen LogP contribution in [-0.2, 0) is 21.8 Å². The molecule has 0 radical (unpaired) electrons. The third-order valence-electron chi connectivity index (χ3n) is 4.78. The monoisotopic (exact) mass is 538 g/mol. The van der Waals surface area contributed by atoms with E-state index in [-0.39, 0.29) is 19.0 Å². The van der Waals surface area contributed by atoms with Gasteiger partial charge in [0.05, 0.1) is 24.3 Å². The predicted molar refractivity (Wildman–Crippen MR) is 118 cm³/mol. The van der Waals surface area contributed by atoms with E-state index in [2.05, 4.69) is 19.8 Å². The zero-order chi connectivity index (χ0) is 27.8. The maximum absolute atomic E-state index is 13.1. The molecule has 3 rings (SSSR count). The number of rotatable bonds is 5. The molecule has 1 aliphatic rings. The number of anilines is 1. The van der Waals surface area contributed by atoms with Crippen molar-refractivity contribution in [1.29, 1.82) is 0 Å². The quantitative estimate of drug-likeness (QED) is 0.441. The van der Waals surface area contributed by atoms with Gasteiger partial charge in [-0.2, -0.15) is 26.3 Å². The molecule has 0 aromatic carbocycles. The number of halogens is 6. The van der Waals surface area contributed by atoms with Crippen molar-refractivity contribution in [1.82, 2.24) is 15.3 Å². The summed E-state index contributed by atoms with van der Waals surface area (Å²) in [6, 6.07) is 4.18. The number of carbonyl (C=O) groups is 2. The molecule has 204 valence electrons. The third kappa shape index (κ3) is 8.20. The van der Waals surface area contributed by atoms with E-state index in [1.54, 1.807) is 9.88 Å². The summed E-state index contributed by atoms with van der Waals surface area (Å²) in [7, 11) is 0. The number of hydrogen-bond acceptors (Lipinski definition) is 8. The first-order chi connectivity index (χ1) is 17.3. The minimum atomic E-state index is -4.80. The van der Waals surface area contributed by atoms with Crippen LogP contribution in [0.25, 0.3) is 0 Å². The lowest BCUT2D eigenvalue weighted by molar-refractivity contribution is -0.142. The molecule has 1 aliphatic heterocycles. The first-order valence-electron chi connectivity index (χ1n) is 11.0. The van der Waals surface area contributed by atoms with Gasteiger partial charge >= 0.3 is 24.3 Å². The van der Waals surface area contributed by atoms with Gasteiger partial charge in [-0.1, -0.05) is 0 Å². The molecule has 0 bridgehead atoms. The second-order valence-electron chi connectivity index (χ2n) is 7.35. The Morgan fingerprint density at radius 1 is 0.892 bits per heavy atom. The van der Waals surface area contributed by atoms with Gasteiger partial charge in [-0.05, 0) is 32.0 Å². The number of nitrogens with one attached hydrogen (secondary N) is 2. The number of esters is 2. The number of alkyl halides is 6. The Morgan fingerprint density at radius 2 is 1.43 bits per heavy atom. The summed E-state index contributed by atoms with van der Waals surface area (Å²) < 4.78 is 85.7. The summed E-state index contributed by atoms with van der Waals surface area (Å²) in [6.07, 6.45) is -9.51. The van der Waals surface area contributed by atoms with E-state index in [4.69, 9.17) is 0 Å². The molecule has 0 amide bonds. The standard InChI is InChI=1S/C13H16F3N3O2.C9H8F3NO3/c1-2-21-12(20)9-3-4-10(18-11(9)13(14,15)16)19-7-5-17-6-8-19;1-2-16-8(15)5-3-4-6(14)13-7(5)9(10,11)12/h3-4,17H,2,5-8H2,1H3;3-4H,2H2,1H3,(H,13,14). The second-order valence-corrected chi connectivity index (χ2v) is 7.35. The number of aromatic amines is 1. The Balaban J connectivity index is 0.000000271. The molecule has 0 aliphatic carbocycles. The second kappa shape index (κ2) is 12.6. The molecule has 1 saturated heterocycles. The van der Waals surface area contributed by atoms with Crippen molar-refractivity contribution < 1.29 is 45.4 Å². The summed E-state index contributed by atoms with van der Waals surface area (Å²) in [5.41, 5.74) is -4.77. The van der Waals surface area contributed by atoms with Gasteiger partial charge in [-0.3, -0.25) is 4.79 Å². The van der Waals surface area contributed by atoms with Crippen LogP contribution in [0.2, 0.25) is 0 Å². The number of aromatic nitrogens is 2. The zero-order valence-electron chi connectivity index (χ0n) is 19.8. The minimum absolute atomic E-state index is 0.00960. The summed E-state index contributed by atoms with van der Waals surface area (Å²) >= 11 is 0. The summed E-state index contributed by atoms with van der Waals surface area (Å²) in [5, 5.41) is 3.11. The molecule has 9 nitrogen and oxygen atoms in total. The average molecular weight is 538 g/mol. The first-order valence-corrected chi connectivity index (χ1v) is 11.0. The molecule has 2 aromatic heterocycles. The van der Waals surface area contributed by atoms with Gasteiger partial charge in [-0.15, -0.1) is 0 Å². The lowest BCUT2D eigenvalue weighted by atomic mass is 10.1. The molecule has 0 spiro atoms. The van der Waals surface area contributed by atoms with E-state index in [9.17, 15) is 40.7 Å². The van der Waals surface area contributed by atoms with Crippen molar-refractivity contribution in [2.75, 3.05) is 44.3 Å². The number of carbonyl (C=O) groups excluding carboxylic acids is 2. The van der Waals surface area contributed by atoms with Gasteiger partial charge in [0.15, 0.2) is 5.69 Å². The Labute approximate surface area is 206 Å². The van der Waals surface area contributed by atoms with Crippen LogP contribution in [0.15, 0.2) is 29.1 Å². The van der Waals surface area contributed by atoms with E-state index in [1.165, 1.54) is 19.9 Å². The van der Waals surface area contributed by atoms with Crippen LogP contribution < -0.4 is 15.8 Å². The van der Waals surface area contributed by atoms with Crippen molar-refractivity contribution in [2.24, 2.45) is 0 Å². The number of H-pyrrole nitrogens is 1. The molecule has 15 heteroatoms. The van der Waals surface area contributed by atoms with Gasteiger partial charge in [0.25, 0.3) is 0 Å². The Bertz CT molecular complexity index is 1140. The first kappa shape index (κ1) is 29.6. The third-order valence-corrected chi connectivity index (χ3v) is 4.78. The Kier molecular flexibility index (Phi) is 10.1. The maximum atomic E-state index is 13.1. The van der Waals surface area contributed by atoms with Crippen LogP contribution >= 0.6 is 0 Å². The van der Waals surface area contributed by atoms with E-state index >= 15 is 0 Å². The van der Waals surface area contributed by atoms with Gasteiger partial charge in [0.2, 0.25) is 5.56 Å². The molecule has 2 N–H and O–H groups in total. The van der Waals surface area contributed by atoms with Crippen LogP contribution in [0.5, 0.6) is 0 Å². The number of pyridine rings is 2. The minimum Gasteiger partial charge on any atom is -0.462 e. The van der Waals surface area contributed by atoms with Crippen LogP contribution in [0.4, 0.5) is 32.2 Å². The number of piperazine rings is 1. The highest BCUT2D eigenvalue weighted by Gasteiger charge is 2.39. The van der Waals surface area contributed by atoms with Crippen molar-refractivity contribution >= 4 is 17.8 Å². The summed E-state index contributed by atoms with van der Waals surface area (Å²) in [6.45, 7) is 5.48. The van der Waals surface area contributed by atoms with Crippen molar-refractivity contribution in [2.45, 2.75) is 26.2 Å². The fourth-order valence-corrected chi connectivity index (χ4v) is 3.19. The molecule has 0 saturated carbocycles. The van der Waals surface area contributed by atoms with Crippen molar-refractivity contribution in [3.8, 4) is 0 Å². The van der Waals surface area contributed by atoms with Crippen LogP contribution in [0.3, 0.4) is 0 Å². The summed E-state index contributed by atoms with van der Waals surface area (Å²) in [5.74, 6) is -1.91. The fraction of sp³-hybridized carbons (Fsp3) is 0.455. The molecule has 3 heterocycles. The Morgan fingerprint density at radius 3 is 1.95 bits per heavy atom. The lowest BCUT2D eigenvalue weighted by Gasteiger charge is -2.29. The molecule has 1 fully saturated rings. The molecular weight excluding hydrogens is 514 g/mol. The molecule has 2 aromatic rings. The number of ether oxygens (including phenoxy) is 2. The van der Waals surface area contributed by atoms with E-state index in [1.807, 2.05) is 0 Å². The van der Waals surface area contributed by atoms with Gasteiger partial charge < -0.3 is 24.7 Å². The summed E-state index contributed by atoms with van der Waals surface area (Å²) in [4.78, 5) is 40.5.